The summed E-state index contributed by atoms with van der Waals surface area (Å²) in [7, 11) is 0. The molecule has 15 heavy (non-hydrogen) atoms. The standard InChI is InChI=1S/C9H7BrN4O/c10-7-1-2-8(15)6(3-7)4-11-9-12-5-13-14-9/h1-5,15H,(H,12,13,14). The van der Waals surface area contributed by atoms with Gasteiger partial charge in [0.15, 0.2) is 0 Å². The first-order valence-corrected chi connectivity index (χ1v) is 4.93. The van der Waals surface area contributed by atoms with Gasteiger partial charge in [0.25, 0.3) is 0 Å². The van der Waals surface area contributed by atoms with Gasteiger partial charge in [0.05, 0.1) is 0 Å². The third-order valence-corrected chi connectivity index (χ3v) is 2.21. The minimum absolute atomic E-state index is 0.168. The summed E-state index contributed by atoms with van der Waals surface area (Å²) in [4.78, 5) is 7.83. The maximum Gasteiger partial charge on any atom is 0.245 e. The number of benzene rings is 1. The lowest BCUT2D eigenvalue weighted by Gasteiger charge is -1.97. The minimum atomic E-state index is 0.168. The monoisotopic (exact) mass is 266 g/mol. The predicted octanol–water partition coefficient (Wildman–Crippen LogP) is 2.02. The van der Waals surface area contributed by atoms with Crippen LogP contribution in [-0.4, -0.2) is 26.5 Å². The van der Waals surface area contributed by atoms with Crippen molar-refractivity contribution in [2.75, 3.05) is 0 Å². The van der Waals surface area contributed by atoms with Crippen molar-refractivity contribution in [1.82, 2.24) is 15.2 Å². The quantitative estimate of drug-likeness (QED) is 0.817. The number of nitrogens with one attached hydrogen (secondary N) is 1. The molecule has 2 rings (SSSR count). The number of rotatable bonds is 2. The second-order valence-corrected chi connectivity index (χ2v) is 3.69. The zero-order valence-corrected chi connectivity index (χ0v) is 9.14. The number of aromatic nitrogens is 3. The highest BCUT2D eigenvalue weighted by atomic mass is 79.9. The Bertz CT molecular complexity index is 481. The number of aromatic amines is 1. The van der Waals surface area contributed by atoms with E-state index >= 15 is 0 Å². The second-order valence-electron chi connectivity index (χ2n) is 2.77. The van der Waals surface area contributed by atoms with Crippen LogP contribution in [0.2, 0.25) is 0 Å². The van der Waals surface area contributed by atoms with E-state index in [0.29, 0.717) is 11.5 Å². The molecule has 0 aliphatic rings. The van der Waals surface area contributed by atoms with Crippen molar-refractivity contribution in [2.24, 2.45) is 4.99 Å². The number of halogens is 1. The van der Waals surface area contributed by atoms with E-state index in [1.807, 2.05) is 0 Å². The van der Waals surface area contributed by atoms with Gasteiger partial charge < -0.3 is 5.11 Å². The Morgan fingerprint density at radius 1 is 1.47 bits per heavy atom. The maximum absolute atomic E-state index is 9.51. The molecular weight excluding hydrogens is 260 g/mol. The highest BCUT2D eigenvalue weighted by Gasteiger charge is 1.98. The van der Waals surface area contributed by atoms with Crippen molar-refractivity contribution in [1.29, 1.82) is 0 Å². The largest absolute Gasteiger partial charge is 0.507 e. The van der Waals surface area contributed by atoms with E-state index in [1.54, 1.807) is 18.2 Å². The minimum Gasteiger partial charge on any atom is -0.507 e. The smallest absolute Gasteiger partial charge is 0.245 e. The molecule has 0 unspecified atom stereocenters. The molecule has 0 saturated carbocycles. The highest BCUT2D eigenvalue weighted by Crippen LogP contribution is 2.20. The first-order chi connectivity index (χ1) is 7.25. The Kier molecular flexibility index (Phi) is 2.77. The lowest BCUT2D eigenvalue weighted by atomic mass is 10.2. The molecule has 0 radical (unpaired) electrons. The molecule has 0 fully saturated rings. The molecule has 0 aliphatic heterocycles. The number of phenolic OH excluding ortho intramolecular Hbond substituents is 1. The molecule has 2 N–H and O–H groups in total. The molecule has 1 heterocycles. The van der Waals surface area contributed by atoms with E-state index < -0.39 is 0 Å². The van der Waals surface area contributed by atoms with Crippen molar-refractivity contribution >= 4 is 28.1 Å². The lowest BCUT2D eigenvalue weighted by Crippen LogP contribution is -1.82. The van der Waals surface area contributed by atoms with Crippen molar-refractivity contribution in [2.45, 2.75) is 0 Å². The Morgan fingerprint density at radius 2 is 2.33 bits per heavy atom. The summed E-state index contributed by atoms with van der Waals surface area (Å²) in [5.41, 5.74) is 0.612. The van der Waals surface area contributed by atoms with E-state index in [0.717, 1.165) is 4.47 Å². The summed E-state index contributed by atoms with van der Waals surface area (Å²) in [6, 6.07) is 5.10. The van der Waals surface area contributed by atoms with Crippen molar-refractivity contribution < 1.29 is 5.11 Å². The van der Waals surface area contributed by atoms with Crippen LogP contribution in [0.25, 0.3) is 0 Å². The molecule has 0 atom stereocenters. The molecule has 0 spiro atoms. The number of hydrogen-bond donors (Lipinski definition) is 2. The molecule has 1 aromatic heterocycles. The van der Waals surface area contributed by atoms with Crippen LogP contribution in [0.3, 0.4) is 0 Å². The summed E-state index contributed by atoms with van der Waals surface area (Å²) >= 11 is 3.31. The van der Waals surface area contributed by atoms with Crippen LogP contribution in [0.15, 0.2) is 34.0 Å². The van der Waals surface area contributed by atoms with E-state index in [-0.39, 0.29) is 5.75 Å². The fraction of sp³-hybridized carbons (Fsp3) is 0. The van der Waals surface area contributed by atoms with E-state index in [2.05, 4.69) is 36.1 Å². The van der Waals surface area contributed by atoms with Crippen LogP contribution in [0.5, 0.6) is 5.75 Å². The normalized spacial score (nSPS) is 11.0. The van der Waals surface area contributed by atoms with E-state index in [1.165, 1.54) is 12.5 Å². The molecule has 0 bridgehead atoms. The Morgan fingerprint density at radius 3 is 3.07 bits per heavy atom. The highest BCUT2D eigenvalue weighted by molar-refractivity contribution is 9.10. The molecular formula is C9H7BrN4O. The predicted molar refractivity (Wildman–Crippen MR) is 59.4 cm³/mol. The number of hydrogen-bond acceptors (Lipinski definition) is 4. The van der Waals surface area contributed by atoms with Gasteiger partial charge in [-0.2, -0.15) is 10.1 Å². The third-order valence-electron chi connectivity index (χ3n) is 1.72. The SMILES string of the molecule is Oc1ccc(Br)cc1C=Nc1ncn[nH]1. The van der Waals surface area contributed by atoms with Crippen LogP contribution < -0.4 is 0 Å². The Balaban J connectivity index is 2.27. The van der Waals surface area contributed by atoms with Crippen molar-refractivity contribution in [3.8, 4) is 5.75 Å². The van der Waals surface area contributed by atoms with Gasteiger partial charge in [-0.25, -0.2) is 10.1 Å². The second kappa shape index (κ2) is 4.22. The van der Waals surface area contributed by atoms with Gasteiger partial charge in [0, 0.05) is 16.3 Å². The molecule has 6 heteroatoms. The Labute approximate surface area is 94.0 Å². The van der Waals surface area contributed by atoms with Crippen LogP contribution in [0.4, 0.5) is 5.95 Å². The van der Waals surface area contributed by atoms with Gasteiger partial charge in [0.1, 0.15) is 12.1 Å². The number of aliphatic imine (C=N–C) groups is 1. The summed E-state index contributed by atoms with van der Waals surface area (Å²) in [5.74, 6) is 0.566. The number of aromatic hydroxyl groups is 1. The van der Waals surface area contributed by atoms with Gasteiger partial charge in [-0.15, -0.1) is 0 Å². The zero-order valence-electron chi connectivity index (χ0n) is 7.55. The van der Waals surface area contributed by atoms with Crippen LogP contribution >= 0.6 is 15.9 Å². The summed E-state index contributed by atoms with van der Waals surface area (Å²) in [6.07, 6.45) is 2.88. The number of H-pyrrole nitrogens is 1. The van der Waals surface area contributed by atoms with E-state index in [4.69, 9.17) is 0 Å². The van der Waals surface area contributed by atoms with Crippen molar-refractivity contribution in [3.63, 3.8) is 0 Å². The average molecular weight is 267 g/mol. The average Bonchev–Trinajstić information content (AvgIpc) is 2.72. The molecule has 76 valence electrons. The fourth-order valence-electron chi connectivity index (χ4n) is 1.02. The summed E-state index contributed by atoms with van der Waals surface area (Å²) < 4.78 is 0.874. The summed E-state index contributed by atoms with van der Waals surface area (Å²) in [6.45, 7) is 0. The van der Waals surface area contributed by atoms with Crippen molar-refractivity contribution in [3.05, 3.63) is 34.6 Å². The van der Waals surface area contributed by atoms with Gasteiger partial charge in [-0.3, -0.25) is 0 Å². The zero-order chi connectivity index (χ0) is 10.7. The molecule has 5 nitrogen and oxygen atoms in total. The molecule has 1 aromatic carbocycles. The van der Waals surface area contributed by atoms with Gasteiger partial charge >= 0.3 is 0 Å². The first kappa shape index (κ1) is 9.85. The van der Waals surface area contributed by atoms with Crippen LogP contribution in [-0.2, 0) is 0 Å². The topological polar surface area (TPSA) is 74.2 Å². The van der Waals surface area contributed by atoms with Gasteiger partial charge in [-0.1, -0.05) is 15.9 Å². The third kappa shape index (κ3) is 2.41. The molecule has 0 aliphatic carbocycles. The van der Waals surface area contributed by atoms with Gasteiger partial charge in [-0.05, 0) is 18.2 Å². The maximum atomic E-state index is 9.51. The fourth-order valence-corrected chi connectivity index (χ4v) is 1.40. The number of phenols is 1. The summed E-state index contributed by atoms with van der Waals surface area (Å²) in [5, 5.41) is 15.7. The van der Waals surface area contributed by atoms with Crippen LogP contribution in [0.1, 0.15) is 5.56 Å². The number of nitrogens with zero attached hydrogens (tertiary/aromatic N) is 3. The van der Waals surface area contributed by atoms with Gasteiger partial charge in [0.2, 0.25) is 5.95 Å². The first-order valence-electron chi connectivity index (χ1n) is 4.13. The van der Waals surface area contributed by atoms with E-state index in [9.17, 15) is 5.11 Å². The molecule has 0 saturated heterocycles. The lowest BCUT2D eigenvalue weighted by molar-refractivity contribution is 0.474. The Hall–Kier alpha value is -1.69. The molecule has 0 amide bonds. The molecule has 2 aromatic rings. The van der Waals surface area contributed by atoms with Crippen LogP contribution in [0, 0.1) is 0 Å².